The maximum Gasteiger partial charge on any atom is 0.322 e. The standard InChI is InChI=1S/C16H19N3O5S/c1-2-3-8-4-5-9-10(6-8)25-16-18-14(23)12(15(24)19(9)16)13(22)17-7-11(20)21/h8,23H,2-7H2,1H3,(H,17,22)(H,20,21). The lowest BCUT2D eigenvalue weighted by molar-refractivity contribution is -0.135. The second kappa shape index (κ2) is 6.83. The van der Waals surface area contributed by atoms with Gasteiger partial charge in [-0.05, 0) is 25.2 Å². The van der Waals surface area contributed by atoms with E-state index in [0.717, 1.165) is 42.7 Å². The average molecular weight is 365 g/mol. The van der Waals surface area contributed by atoms with Crippen LogP contribution in [0.5, 0.6) is 5.88 Å². The van der Waals surface area contributed by atoms with Gasteiger partial charge in [0.05, 0.1) is 0 Å². The Bertz CT molecular complexity index is 901. The van der Waals surface area contributed by atoms with Gasteiger partial charge in [-0.25, -0.2) is 0 Å². The Morgan fingerprint density at radius 2 is 2.20 bits per heavy atom. The number of hydrogen-bond donors (Lipinski definition) is 3. The van der Waals surface area contributed by atoms with Gasteiger partial charge in [-0.2, -0.15) is 4.98 Å². The summed E-state index contributed by atoms with van der Waals surface area (Å²) >= 11 is 1.36. The molecule has 0 aromatic carbocycles. The molecule has 2 aromatic heterocycles. The molecular formula is C16H19N3O5S. The van der Waals surface area contributed by atoms with Crippen molar-refractivity contribution < 1.29 is 19.8 Å². The number of aliphatic carboxylic acids is 1. The summed E-state index contributed by atoms with van der Waals surface area (Å²) in [5, 5.41) is 20.7. The number of thiazole rings is 1. The molecule has 0 aliphatic heterocycles. The first-order valence-electron chi connectivity index (χ1n) is 8.18. The van der Waals surface area contributed by atoms with Crippen molar-refractivity contribution in [3.63, 3.8) is 0 Å². The van der Waals surface area contributed by atoms with Gasteiger partial charge in [0.15, 0.2) is 10.5 Å². The number of nitrogens with zero attached hydrogens (tertiary/aromatic N) is 2. The highest BCUT2D eigenvalue weighted by molar-refractivity contribution is 7.17. The number of carboxylic acid groups (broad SMARTS) is 1. The van der Waals surface area contributed by atoms with Crippen molar-refractivity contribution in [3.05, 3.63) is 26.5 Å². The molecule has 1 aliphatic rings. The molecule has 25 heavy (non-hydrogen) atoms. The van der Waals surface area contributed by atoms with Gasteiger partial charge in [0, 0.05) is 10.6 Å². The molecule has 0 saturated heterocycles. The third-order valence-electron chi connectivity index (χ3n) is 4.43. The number of fused-ring (bicyclic) bond motifs is 3. The van der Waals surface area contributed by atoms with Crippen molar-refractivity contribution in [2.24, 2.45) is 5.92 Å². The highest BCUT2D eigenvalue weighted by atomic mass is 32.1. The van der Waals surface area contributed by atoms with Crippen LogP contribution in [0.3, 0.4) is 0 Å². The molecule has 9 heteroatoms. The third kappa shape index (κ3) is 3.23. The third-order valence-corrected chi connectivity index (χ3v) is 5.53. The number of carboxylic acids is 1. The lowest BCUT2D eigenvalue weighted by Crippen LogP contribution is -2.35. The fourth-order valence-corrected chi connectivity index (χ4v) is 4.57. The summed E-state index contributed by atoms with van der Waals surface area (Å²) in [4.78, 5) is 40.8. The summed E-state index contributed by atoms with van der Waals surface area (Å²) in [6.45, 7) is 1.51. The molecule has 134 valence electrons. The summed E-state index contributed by atoms with van der Waals surface area (Å²) in [7, 11) is 0. The molecule has 1 unspecified atom stereocenters. The molecule has 0 bridgehead atoms. The van der Waals surface area contributed by atoms with Crippen LogP contribution < -0.4 is 10.9 Å². The summed E-state index contributed by atoms with van der Waals surface area (Å²) in [6, 6.07) is 0. The minimum atomic E-state index is -1.24. The Morgan fingerprint density at radius 3 is 2.88 bits per heavy atom. The van der Waals surface area contributed by atoms with Crippen LogP contribution in [0.25, 0.3) is 4.96 Å². The predicted molar refractivity (Wildman–Crippen MR) is 91.4 cm³/mol. The van der Waals surface area contributed by atoms with Crippen LogP contribution in [0.1, 0.15) is 47.1 Å². The summed E-state index contributed by atoms with van der Waals surface area (Å²) in [5.74, 6) is -2.27. The molecule has 8 nitrogen and oxygen atoms in total. The predicted octanol–water partition coefficient (Wildman–Crippen LogP) is 1.18. The molecule has 0 spiro atoms. The van der Waals surface area contributed by atoms with Crippen molar-refractivity contribution in [1.29, 1.82) is 0 Å². The summed E-state index contributed by atoms with van der Waals surface area (Å²) in [5.41, 5.74) is -0.330. The number of nitrogens with one attached hydrogen (secondary N) is 1. The molecule has 1 amide bonds. The topological polar surface area (TPSA) is 121 Å². The van der Waals surface area contributed by atoms with Crippen molar-refractivity contribution in [1.82, 2.24) is 14.7 Å². The van der Waals surface area contributed by atoms with E-state index < -0.39 is 35.4 Å². The Kier molecular flexibility index (Phi) is 4.76. The number of carbonyl (C=O) groups excluding carboxylic acids is 1. The molecule has 1 aliphatic carbocycles. The second-order valence-electron chi connectivity index (χ2n) is 6.18. The van der Waals surface area contributed by atoms with E-state index in [4.69, 9.17) is 5.11 Å². The van der Waals surface area contributed by atoms with Gasteiger partial charge in [-0.1, -0.05) is 19.8 Å². The van der Waals surface area contributed by atoms with Gasteiger partial charge in [-0.15, -0.1) is 11.3 Å². The van der Waals surface area contributed by atoms with Gasteiger partial charge >= 0.3 is 5.97 Å². The van der Waals surface area contributed by atoms with Crippen LogP contribution in [0, 0.1) is 5.92 Å². The van der Waals surface area contributed by atoms with E-state index >= 15 is 0 Å². The summed E-state index contributed by atoms with van der Waals surface area (Å²) < 4.78 is 1.39. The Hall–Kier alpha value is -2.42. The number of aromatic nitrogens is 2. The molecule has 0 saturated carbocycles. The van der Waals surface area contributed by atoms with E-state index in [-0.39, 0.29) is 0 Å². The smallest absolute Gasteiger partial charge is 0.322 e. The molecular weight excluding hydrogens is 346 g/mol. The lowest BCUT2D eigenvalue weighted by atomic mass is 9.88. The Balaban J connectivity index is 2.03. The molecule has 0 radical (unpaired) electrons. The Morgan fingerprint density at radius 1 is 1.44 bits per heavy atom. The average Bonchev–Trinajstić information content (AvgIpc) is 2.90. The molecule has 1 atom stereocenters. The number of carbonyl (C=O) groups is 2. The second-order valence-corrected chi connectivity index (χ2v) is 7.24. The minimum Gasteiger partial charge on any atom is -0.492 e. The van der Waals surface area contributed by atoms with E-state index in [1.165, 1.54) is 15.7 Å². The largest absolute Gasteiger partial charge is 0.492 e. The van der Waals surface area contributed by atoms with E-state index in [2.05, 4.69) is 17.2 Å². The fourth-order valence-electron chi connectivity index (χ4n) is 3.30. The number of rotatable bonds is 5. The van der Waals surface area contributed by atoms with Crippen molar-refractivity contribution in [2.75, 3.05) is 6.54 Å². The highest BCUT2D eigenvalue weighted by Crippen LogP contribution is 2.33. The van der Waals surface area contributed by atoms with Crippen molar-refractivity contribution in [2.45, 2.75) is 39.0 Å². The minimum absolute atomic E-state index is 0.361. The van der Waals surface area contributed by atoms with Gasteiger partial charge in [-0.3, -0.25) is 18.8 Å². The first-order valence-corrected chi connectivity index (χ1v) is 9.00. The number of aromatic hydroxyl groups is 1. The quantitative estimate of drug-likeness (QED) is 0.732. The molecule has 2 heterocycles. The van der Waals surface area contributed by atoms with Gasteiger partial charge in [0.2, 0.25) is 5.88 Å². The monoisotopic (exact) mass is 365 g/mol. The van der Waals surface area contributed by atoms with Gasteiger partial charge < -0.3 is 15.5 Å². The maximum atomic E-state index is 12.7. The molecule has 3 N–H and O–H groups in total. The first kappa shape index (κ1) is 17.4. The van der Waals surface area contributed by atoms with Gasteiger partial charge in [0.25, 0.3) is 11.5 Å². The SMILES string of the molecule is CCCC1CCc2c(sc3nc(O)c(C(=O)NCC(=O)O)c(=O)n23)C1. The van der Waals surface area contributed by atoms with Crippen LogP contribution in [0.4, 0.5) is 0 Å². The van der Waals surface area contributed by atoms with E-state index in [1.807, 2.05) is 0 Å². The molecule has 0 fully saturated rings. The van der Waals surface area contributed by atoms with E-state index in [1.54, 1.807) is 0 Å². The maximum absolute atomic E-state index is 12.7. The summed E-state index contributed by atoms with van der Waals surface area (Å²) in [6.07, 6.45) is 4.81. The van der Waals surface area contributed by atoms with Crippen LogP contribution in [-0.4, -0.2) is 38.0 Å². The van der Waals surface area contributed by atoms with E-state index in [0.29, 0.717) is 10.9 Å². The highest BCUT2D eigenvalue weighted by Gasteiger charge is 2.27. The zero-order valence-corrected chi connectivity index (χ0v) is 14.6. The van der Waals surface area contributed by atoms with Crippen molar-refractivity contribution >= 4 is 28.2 Å². The molecule has 2 aromatic rings. The number of amides is 1. The first-order chi connectivity index (χ1) is 11.9. The molecule has 3 rings (SSSR count). The zero-order chi connectivity index (χ0) is 18.1. The van der Waals surface area contributed by atoms with Crippen LogP contribution in [0.2, 0.25) is 0 Å². The van der Waals surface area contributed by atoms with Crippen LogP contribution >= 0.6 is 11.3 Å². The van der Waals surface area contributed by atoms with E-state index in [9.17, 15) is 19.5 Å². The van der Waals surface area contributed by atoms with Crippen LogP contribution in [-0.2, 0) is 17.6 Å². The Labute approximate surface area is 147 Å². The fraction of sp³-hybridized carbons (Fsp3) is 0.500. The van der Waals surface area contributed by atoms with Crippen LogP contribution in [0.15, 0.2) is 4.79 Å². The van der Waals surface area contributed by atoms with Gasteiger partial charge in [0.1, 0.15) is 6.54 Å². The van der Waals surface area contributed by atoms with Crippen molar-refractivity contribution in [3.8, 4) is 5.88 Å². The number of aryl methyl sites for hydroxylation is 1. The normalized spacial score (nSPS) is 16.6. The number of hydrogen-bond acceptors (Lipinski definition) is 6. The zero-order valence-electron chi connectivity index (χ0n) is 13.7. The lowest BCUT2D eigenvalue weighted by Gasteiger charge is -2.21.